The van der Waals surface area contributed by atoms with Crippen LogP contribution in [0.3, 0.4) is 0 Å². The van der Waals surface area contributed by atoms with Gasteiger partial charge >= 0.3 is 5.97 Å². The number of para-hydroxylation sites is 1. The first-order chi connectivity index (χ1) is 9.81. The molecule has 6 heteroatoms. The molecule has 1 atom stereocenters. The van der Waals surface area contributed by atoms with E-state index in [1.807, 2.05) is 26.0 Å². The Bertz CT molecular complexity index is 624. The van der Waals surface area contributed by atoms with Crippen molar-refractivity contribution in [1.29, 1.82) is 0 Å². The molecule has 0 fully saturated rings. The lowest BCUT2D eigenvalue weighted by Gasteiger charge is -2.20. The second-order valence-corrected chi connectivity index (χ2v) is 7.90. The van der Waals surface area contributed by atoms with Crippen molar-refractivity contribution in [2.45, 2.75) is 32.6 Å². The summed E-state index contributed by atoms with van der Waals surface area (Å²) in [5.41, 5.74) is 1.44. The fourth-order valence-electron chi connectivity index (χ4n) is 2.60. The van der Waals surface area contributed by atoms with Gasteiger partial charge in [0.2, 0.25) is 10.0 Å². The molecular formula is C15H21NO4S. The molecule has 0 amide bonds. The minimum Gasteiger partial charge on any atom is -0.481 e. The number of hydrogen-bond acceptors (Lipinski definition) is 3. The van der Waals surface area contributed by atoms with Crippen LogP contribution in [0.2, 0.25) is 0 Å². The summed E-state index contributed by atoms with van der Waals surface area (Å²) in [5.74, 6) is -0.769. The van der Waals surface area contributed by atoms with E-state index in [2.05, 4.69) is 0 Å². The molecule has 1 aromatic carbocycles. The van der Waals surface area contributed by atoms with Crippen LogP contribution in [0.25, 0.3) is 0 Å². The minimum atomic E-state index is -3.40. The third-order valence-electron chi connectivity index (χ3n) is 3.74. The Kier molecular flexibility index (Phi) is 4.56. The van der Waals surface area contributed by atoms with Crippen molar-refractivity contribution < 1.29 is 18.3 Å². The number of fused-ring (bicyclic) bond motifs is 1. The molecule has 1 aromatic rings. The Morgan fingerprint density at radius 1 is 1.38 bits per heavy atom. The SMILES string of the molecule is CC(C)CCS(=O)(=O)N1CC(CC(=O)O)c2ccccc21. The summed E-state index contributed by atoms with van der Waals surface area (Å²) >= 11 is 0. The fourth-order valence-corrected chi connectivity index (χ4v) is 4.46. The molecule has 0 aliphatic carbocycles. The zero-order valence-corrected chi connectivity index (χ0v) is 13.1. The van der Waals surface area contributed by atoms with E-state index in [0.717, 1.165) is 5.56 Å². The third kappa shape index (κ3) is 3.56. The van der Waals surface area contributed by atoms with Crippen molar-refractivity contribution in [3.8, 4) is 0 Å². The number of benzene rings is 1. The van der Waals surface area contributed by atoms with E-state index in [4.69, 9.17) is 5.11 Å². The van der Waals surface area contributed by atoms with Crippen molar-refractivity contribution in [2.24, 2.45) is 5.92 Å². The molecule has 0 spiro atoms. The van der Waals surface area contributed by atoms with Gasteiger partial charge in [-0.1, -0.05) is 32.0 Å². The average Bonchev–Trinajstić information content (AvgIpc) is 2.76. The van der Waals surface area contributed by atoms with Gasteiger partial charge in [0.1, 0.15) is 0 Å². The van der Waals surface area contributed by atoms with Crippen LogP contribution in [0, 0.1) is 5.92 Å². The van der Waals surface area contributed by atoms with Crippen LogP contribution in [-0.4, -0.2) is 31.8 Å². The first kappa shape index (κ1) is 15.8. The van der Waals surface area contributed by atoms with Crippen molar-refractivity contribution >= 4 is 21.7 Å². The van der Waals surface area contributed by atoms with Crippen molar-refractivity contribution in [2.75, 3.05) is 16.6 Å². The zero-order valence-electron chi connectivity index (χ0n) is 12.3. The van der Waals surface area contributed by atoms with E-state index >= 15 is 0 Å². The third-order valence-corrected chi connectivity index (χ3v) is 5.51. The highest BCUT2D eigenvalue weighted by Gasteiger charge is 2.36. The predicted octanol–water partition coefficient (Wildman–Crippen LogP) is 2.44. The van der Waals surface area contributed by atoms with E-state index in [-0.39, 0.29) is 24.6 Å². The van der Waals surface area contributed by atoms with E-state index in [1.54, 1.807) is 12.1 Å². The van der Waals surface area contributed by atoms with Gasteiger partial charge in [0.15, 0.2) is 0 Å². The van der Waals surface area contributed by atoms with Crippen molar-refractivity contribution in [1.82, 2.24) is 0 Å². The molecule has 5 nitrogen and oxygen atoms in total. The highest BCUT2D eigenvalue weighted by atomic mass is 32.2. The molecule has 1 heterocycles. The van der Waals surface area contributed by atoms with Gasteiger partial charge in [-0.05, 0) is 24.0 Å². The number of hydrogen-bond donors (Lipinski definition) is 1. The Labute approximate surface area is 125 Å². The number of sulfonamides is 1. The van der Waals surface area contributed by atoms with Gasteiger partial charge in [0.25, 0.3) is 0 Å². The van der Waals surface area contributed by atoms with Crippen molar-refractivity contribution in [3.63, 3.8) is 0 Å². The van der Waals surface area contributed by atoms with Gasteiger partial charge in [-0.3, -0.25) is 9.10 Å². The number of anilines is 1. The molecule has 1 aliphatic rings. The molecule has 2 rings (SSSR count). The Morgan fingerprint density at radius 2 is 2.05 bits per heavy atom. The molecule has 1 aliphatic heterocycles. The van der Waals surface area contributed by atoms with E-state index < -0.39 is 16.0 Å². The van der Waals surface area contributed by atoms with Gasteiger partial charge in [0, 0.05) is 12.5 Å². The lowest BCUT2D eigenvalue weighted by molar-refractivity contribution is -0.137. The highest BCUT2D eigenvalue weighted by molar-refractivity contribution is 7.92. The monoisotopic (exact) mass is 311 g/mol. The molecule has 0 bridgehead atoms. The lowest BCUT2D eigenvalue weighted by Crippen LogP contribution is -2.32. The van der Waals surface area contributed by atoms with Gasteiger partial charge in [-0.2, -0.15) is 0 Å². The van der Waals surface area contributed by atoms with Crippen LogP contribution >= 0.6 is 0 Å². The summed E-state index contributed by atoms with van der Waals surface area (Å²) in [5, 5.41) is 9.00. The van der Waals surface area contributed by atoms with Gasteiger partial charge in [-0.15, -0.1) is 0 Å². The molecule has 0 saturated carbocycles. The topological polar surface area (TPSA) is 74.7 Å². The highest BCUT2D eigenvalue weighted by Crippen LogP contribution is 2.39. The first-order valence-corrected chi connectivity index (χ1v) is 8.73. The molecule has 21 heavy (non-hydrogen) atoms. The second kappa shape index (κ2) is 6.05. The van der Waals surface area contributed by atoms with Crippen LogP contribution in [-0.2, 0) is 14.8 Å². The fraction of sp³-hybridized carbons (Fsp3) is 0.533. The van der Waals surface area contributed by atoms with Gasteiger partial charge in [0.05, 0.1) is 17.9 Å². The Morgan fingerprint density at radius 3 is 2.67 bits per heavy atom. The zero-order chi connectivity index (χ0) is 15.6. The number of nitrogens with zero attached hydrogens (tertiary/aromatic N) is 1. The summed E-state index contributed by atoms with van der Waals surface area (Å²) in [6.45, 7) is 4.20. The summed E-state index contributed by atoms with van der Waals surface area (Å²) in [6, 6.07) is 7.18. The van der Waals surface area contributed by atoms with E-state index in [0.29, 0.717) is 18.0 Å². The number of carboxylic acids is 1. The maximum atomic E-state index is 12.5. The molecule has 0 aromatic heterocycles. The number of carboxylic acid groups (broad SMARTS) is 1. The largest absolute Gasteiger partial charge is 0.481 e. The Balaban J connectivity index is 2.28. The smallest absolute Gasteiger partial charge is 0.304 e. The van der Waals surface area contributed by atoms with Crippen LogP contribution in [0.15, 0.2) is 24.3 Å². The van der Waals surface area contributed by atoms with Gasteiger partial charge in [-0.25, -0.2) is 8.42 Å². The van der Waals surface area contributed by atoms with Crippen molar-refractivity contribution in [3.05, 3.63) is 29.8 Å². The number of aliphatic carboxylic acids is 1. The maximum Gasteiger partial charge on any atom is 0.304 e. The number of carbonyl (C=O) groups is 1. The van der Waals surface area contributed by atoms with Crippen LogP contribution in [0.5, 0.6) is 0 Å². The summed E-state index contributed by atoms with van der Waals surface area (Å²) in [6.07, 6.45) is 0.553. The molecule has 0 radical (unpaired) electrons. The van der Waals surface area contributed by atoms with E-state index in [1.165, 1.54) is 4.31 Å². The molecule has 116 valence electrons. The minimum absolute atomic E-state index is 0.0484. The van der Waals surface area contributed by atoms with Gasteiger partial charge < -0.3 is 5.11 Å². The summed E-state index contributed by atoms with van der Waals surface area (Å²) in [7, 11) is -3.40. The lowest BCUT2D eigenvalue weighted by atomic mass is 9.98. The van der Waals surface area contributed by atoms with Crippen LogP contribution in [0.4, 0.5) is 5.69 Å². The summed E-state index contributed by atoms with van der Waals surface area (Å²) in [4.78, 5) is 11.0. The molecular weight excluding hydrogens is 290 g/mol. The van der Waals surface area contributed by atoms with Crippen LogP contribution < -0.4 is 4.31 Å². The quantitative estimate of drug-likeness (QED) is 0.875. The number of rotatable bonds is 6. The Hall–Kier alpha value is -1.56. The van der Waals surface area contributed by atoms with E-state index in [9.17, 15) is 13.2 Å². The summed E-state index contributed by atoms with van der Waals surface area (Å²) < 4.78 is 26.4. The molecule has 1 unspecified atom stereocenters. The predicted molar refractivity (Wildman–Crippen MR) is 82.0 cm³/mol. The molecule has 1 N–H and O–H groups in total. The second-order valence-electron chi connectivity index (χ2n) is 5.88. The average molecular weight is 311 g/mol. The normalized spacial score (nSPS) is 18.0. The standard InChI is InChI=1S/C15H21NO4S/c1-11(2)7-8-21(19,20)16-10-12(9-15(17)18)13-5-3-4-6-14(13)16/h3-6,11-12H,7-10H2,1-2H3,(H,17,18). The maximum absolute atomic E-state index is 12.5. The molecule has 0 saturated heterocycles. The first-order valence-electron chi connectivity index (χ1n) is 7.12. The van der Waals surface area contributed by atoms with Crippen LogP contribution in [0.1, 0.15) is 38.2 Å².